The van der Waals surface area contributed by atoms with Crippen molar-refractivity contribution in [2.45, 2.75) is 32.7 Å². The van der Waals surface area contributed by atoms with E-state index in [0.717, 1.165) is 49.9 Å². The fourth-order valence-electron chi connectivity index (χ4n) is 3.14. The molecule has 2 aromatic rings. The highest BCUT2D eigenvalue weighted by atomic mass is 35.5. The molecule has 0 radical (unpaired) electrons. The Kier molecular flexibility index (Phi) is 6.39. The van der Waals surface area contributed by atoms with E-state index in [2.05, 4.69) is 25.5 Å². The van der Waals surface area contributed by atoms with E-state index in [-0.39, 0.29) is 11.9 Å². The summed E-state index contributed by atoms with van der Waals surface area (Å²) in [5, 5.41) is 7.21. The first-order valence-electron chi connectivity index (χ1n) is 9.06. The van der Waals surface area contributed by atoms with Crippen LogP contribution in [0.4, 0.5) is 11.8 Å². The Morgan fingerprint density at radius 3 is 2.44 bits per heavy atom. The van der Waals surface area contributed by atoms with Crippen LogP contribution in [-0.4, -0.2) is 41.6 Å². The lowest BCUT2D eigenvalue weighted by Gasteiger charge is -2.32. The first-order valence-corrected chi connectivity index (χ1v) is 9.81. The lowest BCUT2D eigenvalue weighted by atomic mass is 10.0. The molecule has 2 heterocycles. The van der Waals surface area contributed by atoms with Gasteiger partial charge in [-0.2, -0.15) is 4.98 Å². The number of carbonyl (C=O) groups excluding carboxylic acids is 1. The average molecular weight is 408 g/mol. The molecule has 8 heteroatoms. The van der Waals surface area contributed by atoms with Gasteiger partial charge in [-0.1, -0.05) is 23.2 Å². The zero-order valence-corrected chi connectivity index (χ0v) is 16.9. The summed E-state index contributed by atoms with van der Waals surface area (Å²) >= 11 is 12.0. The summed E-state index contributed by atoms with van der Waals surface area (Å²) in [4.78, 5) is 23.8. The number of hydrogen-bond donors (Lipinski definition) is 2. The Morgan fingerprint density at radius 1 is 1.15 bits per heavy atom. The molecular weight excluding hydrogens is 385 g/mol. The molecule has 1 aromatic heterocycles. The highest BCUT2D eigenvalue weighted by molar-refractivity contribution is 6.35. The van der Waals surface area contributed by atoms with Crippen molar-refractivity contribution in [1.29, 1.82) is 0 Å². The molecule has 0 saturated carbocycles. The van der Waals surface area contributed by atoms with E-state index in [4.69, 9.17) is 23.2 Å². The molecule has 6 nitrogen and oxygen atoms in total. The standard InChI is InChI=1S/C19H23Cl2N5O/c1-3-22-17-8-12(2)23-19(25-17)26-6-4-16(5-7-26)24-18(27)13-9-14(20)11-15(21)10-13/h8-11,16H,3-7H2,1-2H3,(H,24,27)(H,22,23,25). The largest absolute Gasteiger partial charge is 0.370 e. The zero-order valence-electron chi connectivity index (χ0n) is 15.4. The molecule has 0 aliphatic carbocycles. The normalized spacial score (nSPS) is 14.9. The zero-order chi connectivity index (χ0) is 19.4. The number of anilines is 2. The molecule has 0 atom stereocenters. The first-order chi connectivity index (χ1) is 12.9. The van der Waals surface area contributed by atoms with Crippen molar-refractivity contribution in [2.24, 2.45) is 0 Å². The molecule has 1 aliphatic rings. The fourth-order valence-corrected chi connectivity index (χ4v) is 3.67. The SMILES string of the molecule is CCNc1cc(C)nc(N2CCC(NC(=O)c3cc(Cl)cc(Cl)c3)CC2)n1. The smallest absolute Gasteiger partial charge is 0.251 e. The molecule has 0 unspecified atom stereocenters. The van der Waals surface area contributed by atoms with Crippen molar-refractivity contribution in [2.75, 3.05) is 29.9 Å². The number of piperidine rings is 1. The van der Waals surface area contributed by atoms with Gasteiger partial charge in [-0.25, -0.2) is 4.98 Å². The number of rotatable bonds is 5. The molecule has 1 amide bonds. The summed E-state index contributed by atoms with van der Waals surface area (Å²) in [7, 11) is 0. The van der Waals surface area contributed by atoms with E-state index >= 15 is 0 Å². The van der Waals surface area contributed by atoms with Gasteiger partial charge in [-0.05, 0) is 44.9 Å². The Hall–Kier alpha value is -2.05. The predicted molar refractivity (Wildman–Crippen MR) is 110 cm³/mol. The van der Waals surface area contributed by atoms with Gasteiger partial charge in [0, 0.05) is 53.0 Å². The number of nitrogens with one attached hydrogen (secondary N) is 2. The molecule has 144 valence electrons. The molecule has 2 N–H and O–H groups in total. The van der Waals surface area contributed by atoms with Gasteiger partial charge in [-0.15, -0.1) is 0 Å². The van der Waals surface area contributed by atoms with Crippen LogP contribution in [0.5, 0.6) is 0 Å². The molecular formula is C19H23Cl2N5O. The van der Waals surface area contributed by atoms with E-state index < -0.39 is 0 Å². The lowest BCUT2D eigenvalue weighted by molar-refractivity contribution is 0.0931. The maximum atomic E-state index is 12.5. The Balaban J connectivity index is 1.59. The van der Waals surface area contributed by atoms with E-state index in [1.54, 1.807) is 18.2 Å². The number of benzene rings is 1. The molecule has 3 rings (SSSR count). The van der Waals surface area contributed by atoms with E-state index in [0.29, 0.717) is 15.6 Å². The third kappa shape index (κ3) is 5.23. The van der Waals surface area contributed by atoms with Crippen LogP contribution < -0.4 is 15.5 Å². The highest BCUT2D eigenvalue weighted by Crippen LogP contribution is 2.21. The van der Waals surface area contributed by atoms with Crippen molar-refractivity contribution in [3.05, 3.63) is 45.6 Å². The van der Waals surface area contributed by atoms with Gasteiger partial charge >= 0.3 is 0 Å². The van der Waals surface area contributed by atoms with Crippen LogP contribution in [0.1, 0.15) is 35.8 Å². The van der Waals surface area contributed by atoms with Gasteiger partial charge in [0.25, 0.3) is 5.91 Å². The van der Waals surface area contributed by atoms with Crippen LogP contribution in [-0.2, 0) is 0 Å². The second-order valence-electron chi connectivity index (χ2n) is 6.62. The van der Waals surface area contributed by atoms with Gasteiger partial charge in [0.2, 0.25) is 5.95 Å². The summed E-state index contributed by atoms with van der Waals surface area (Å²) < 4.78 is 0. The second kappa shape index (κ2) is 8.76. The van der Waals surface area contributed by atoms with Crippen LogP contribution >= 0.6 is 23.2 Å². The van der Waals surface area contributed by atoms with Gasteiger partial charge in [-0.3, -0.25) is 4.79 Å². The van der Waals surface area contributed by atoms with E-state index in [9.17, 15) is 4.79 Å². The minimum atomic E-state index is -0.154. The predicted octanol–water partition coefficient (Wildman–Crippen LogP) is 3.92. The van der Waals surface area contributed by atoms with Crippen molar-refractivity contribution < 1.29 is 4.79 Å². The summed E-state index contributed by atoms with van der Waals surface area (Å²) in [6.07, 6.45) is 1.65. The Labute approximate surface area is 169 Å². The number of amides is 1. The number of aryl methyl sites for hydroxylation is 1. The van der Waals surface area contributed by atoms with E-state index in [1.807, 2.05) is 19.9 Å². The minimum Gasteiger partial charge on any atom is -0.370 e. The molecule has 1 aliphatic heterocycles. The number of nitrogens with zero attached hydrogens (tertiary/aromatic N) is 3. The van der Waals surface area contributed by atoms with Gasteiger partial charge < -0.3 is 15.5 Å². The Morgan fingerprint density at radius 2 is 1.81 bits per heavy atom. The quantitative estimate of drug-likeness (QED) is 0.785. The van der Waals surface area contributed by atoms with Crippen LogP contribution in [0.2, 0.25) is 10.0 Å². The van der Waals surface area contributed by atoms with Crippen LogP contribution in [0.15, 0.2) is 24.3 Å². The topological polar surface area (TPSA) is 70.2 Å². The van der Waals surface area contributed by atoms with Crippen molar-refractivity contribution in [3.8, 4) is 0 Å². The third-order valence-corrected chi connectivity index (χ3v) is 4.87. The van der Waals surface area contributed by atoms with Crippen LogP contribution in [0, 0.1) is 6.92 Å². The number of hydrogen-bond acceptors (Lipinski definition) is 5. The van der Waals surface area contributed by atoms with Gasteiger partial charge in [0.1, 0.15) is 5.82 Å². The second-order valence-corrected chi connectivity index (χ2v) is 7.49. The van der Waals surface area contributed by atoms with Crippen molar-refractivity contribution in [1.82, 2.24) is 15.3 Å². The minimum absolute atomic E-state index is 0.101. The number of carbonyl (C=O) groups is 1. The molecule has 0 bridgehead atoms. The third-order valence-electron chi connectivity index (χ3n) is 4.44. The molecule has 1 saturated heterocycles. The summed E-state index contributed by atoms with van der Waals surface area (Å²) in [6.45, 7) is 6.40. The van der Waals surface area contributed by atoms with Crippen molar-refractivity contribution >= 4 is 40.9 Å². The van der Waals surface area contributed by atoms with Crippen LogP contribution in [0.25, 0.3) is 0 Å². The Bertz CT molecular complexity index is 801. The first kappa shape index (κ1) is 19.7. The molecule has 1 fully saturated rings. The maximum Gasteiger partial charge on any atom is 0.251 e. The number of halogens is 2. The highest BCUT2D eigenvalue weighted by Gasteiger charge is 2.23. The summed E-state index contributed by atoms with van der Waals surface area (Å²) in [5.41, 5.74) is 1.41. The van der Waals surface area contributed by atoms with E-state index in [1.165, 1.54) is 0 Å². The summed E-state index contributed by atoms with van der Waals surface area (Å²) in [6, 6.07) is 6.91. The lowest BCUT2D eigenvalue weighted by Crippen LogP contribution is -2.45. The molecule has 1 aromatic carbocycles. The van der Waals surface area contributed by atoms with Crippen molar-refractivity contribution in [3.63, 3.8) is 0 Å². The fraction of sp³-hybridized carbons (Fsp3) is 0.421. The maximum absolute atomic E-state index is 12.5. The average Bonchev–Trinajstić information content (AvgIpc) is 2.61. The van der Waals surface area contributed by atoms with Gasteiger partial charge in [0.15, 0.2) is 0 Å². The molecule has 27 heavy (non-hydrogen) atoms. The van der Waals surface area contributed by atoms with Gasteiger partial charge in [0.05, 0.1) is 0 Å². The van der Waals surface area contributed by atoms with Crippen LogP contribution in [0.3, 0.4) is 0 Å². The summed E-state index contributed by atoms with van der Waals surface area (Å²) in [5.74, 6) is 1.42. The number of aromatic nitrogens is 2. The monoisotopic (exact) mass is 407 g/mol. The molecule has 0 spiro atoms.